The van der Waals surface area contributed by atoms with Crippen LogP contribution in [0.3, 0.4) is 0 Å². The third kappa shape index (κ3) is 4.23. The molecule has 2 nitrogen and oxygen atoms in total. The largest absolute Gasteiger partial charge is 0.517 e. The smallest absolute Gasteiger partial charge is 0.456 e. The maximum atomic E-state index is 5.56. The lowest BCUT2D eigenvalue weighted by molar-refractivity contribution is 0.270. The van der Waals surface area contributed by atoms with Gasteiger partial charge in [0.05, 0.1) is 11.5 Å². The highest BCUT2D eigenvalue weighted by molar-refractivity contribution is 6.66. The van der Waals surface area contributed by atoms with E-state index in [-0.39, 0.29) is 0 Å². The van der Waals surface area contributed by atoms with E-state index in [1.165, 1.54) is 0 Å². The average molecular weight is 186 g/mol. The second-order valence-electron chi connectivity index (χ2n) is 3.10. The predicted octanol–water partition coefficient (Wildman–Crippen LogP) is 3.18. The lowest BCUT2D eigenvalue weighted by Crippen LogP contribution is -2.36. The first-order chi connectivity index (χ1) is 5.39. The first kappa shape index (κ1) is 11.3. The molecule has 0 atom stereocenters. The summed E-state index contributed by atoms with van der Waals surface area (Å²) >= 11 is 0. The van der Waals surface area contributed by atoms with Gasteiger partial charge in [-0.3, -0.25) is 0 Å². The molecule has 3 heteroatoms. The Kier molecular flexibility index (Phi) is 4.10. The van der Waals surface area contributed by atoms with Crippen LogP contribution in [0.2, 0.25) is 12.6 Å². The van der Waals surface area contributed by atoms with Gasteiger partial charge in [0.1, 0.15) is 0 Å². The second-order valence-corrected chi connectivity index (χ2v) is 6.48. The molecule has 0 heterocycles. The van der Waals surface area contributed by atoms with Crippen LogP contribution in [0.15, 0.2) is 24.7 Å². The van der Waals surface area contributed by atoms with Crippen LogP contribution in [0, 0.1) is 0 Å². The van der Waals surface area contributed by atoms with Crippen molar-refractivity contribution in [2.24, 2.45) is 0 Å². The van der Waals surface area contributed by atoms with Gasteiger partial charge in [-0.05, 0) is 13.8 Å². The topological polar surface area (TPSA) is 18.5 Å². The molecular formula is C9H18O2Si. The molecule has 0 aliphatic carbocycles. The highest BCUT2D eigenvalue weighted by Crippen LogP contribution is 2.18. The van der Waals surface area contributed by atoms with Gasteiger partial charge < -0.3 is 8.85 Å². The summed E-state index contributed by atoms with van der Waals surface area (Å²) in [5.74, 6) is 1.43. The fourth-order valence-electron chi connectivity index (χ4n) is 0.902. The van der Waals surface area contributed by atoms with Crippen molar-refractivity contribution >= 4 is 8.56 Å². The van der Waals surface area contributed by atoms with Gasteiger partial charge in [0.2, 0.25) is 0 Å². The van der Waals surface area contributed by atoms with E-state index < -0.39 is 8.56 Å². The summed E-state index contributed by atoms with van der Waals surface area (Å²) in [5.41, 5.74) is 0. The summed E-state index contributed by atoms with van der Waals surface area (Å²) in [6.07, 6.45) is 0. The van der Waals surface area contributed by atoms with Crippen LogP contribution in [0.5, 0.6) is 0 Å². The van der Waals surface area contributed by atoms with Crippen LogP contribution < -0.4 is 0 Å². The molecule has 0 unspecified atom stereocenters. The minimum atomic E-state index is -2.05. The molecule has 0 saturated heterocycles. The van der Waals surface area contributed by atoms with E-state index in [1.807, 2.05) is 20.4 Å². The van der Waals surface area contributed by atoms with E-state index in [9.17, 15) is 0 Å². The number of hydrogen-bond donors (Lipinski definition) is 0. The maximum Gasteiger partial charge on any atom is 0.456 e. The Morgan fingerprint density at radius 2 is 1.50 bits per heavy atom. The average Bonchev–Trinajstić information content (AvgIpc) is 1.83. The molecule has 0 N–H and O–H groups in total. The first-order valence-electron chi connectivity index (χ1n) is 4.08. The molecule has 0 aromatic heterocycles. The van der Waals surface area contributed by atoms with Crippen molar-refractivity contribution in [2.75, 3.05) is 0 Å². The zero-order valence-corrected chi connectivity index (χ0v) is 9.44. The fraction of sp³-hybridized carbons (Fsp3) is 0.556. The Balaban J connectivity index is 4.23. The SMILES string of the molecule is C=C(C)O[Si](C)(CC)OC(=C)C. The molecular weight excluding hydrogens is 168 g/mol. The summed E-state index contributed by atoms with van der Waals surface area (Å²) < 4.78 is 11.1. The first-order valence-corrected chi connectivity index (χ1v) is 6.61. The van der Waals surface area contributed by atoms with Crippen molar-refractivity contribution in [1.82, 2.24) is 0 Å². The van der Waals surface area contributed by atoms with Gasteiger partial charge in [-0.2, -0.15) is 0 Å². The van der Waals surface area contributed by atoms with Gasteiger partial charge in [-0.25, -0.2) is 0 Å². The Hall–Kier alpha value is -0.703. The number of hydrogen-bond acceptors (Lipinski definition) is 2. The minimum Gasteiger partial charge on any atom is -0.517 e. The molecule has 0 fully saturated rings. The van der Waals surface area contributed by atoms with E-state index >= 15 is 0 Å². The number of allylic oxidation sites excluding steroid dienone is 2. The molecule has 0 amide bonds. The van der Waals surface area contributed by atoms with Gasteiger partial charge in [0.25, 0.3) is 0 Å². The molecule has 0 saturated carbocycles. The third-order valence-electron chi connectivity index (χ3n) is 1.42. The molecule has 0 spiro atoms. The normalized spacial score (nSPS) is 10.7. The lowest BCUT2D eigenvalue weighted by Gasteiger charge is -2.27. The Morgan fingerprint density at radius 1 is 1.17 bits per heavy atom. The Morgan fingerprint density at radius 3 is 1.67 bits per heavy atom. The van der Waals surface area contributed by atoms with Gasteiger partial charge in [0.15, 0.2) is 0 Å². The van der Waals surface area contributed by atoms with Crippen molar-refractivity contribution in [1.29, 1.82) is 0 Å². The number of rotatable bonds is 5. The fourth-order valence-corrected chi connectivity index (χ4v) is 2.71. The molecule has 0 aromatic rings. The zero-order chi connectivity index (χ0) is 9.78. The molecule has 0 aromatic carbocycles. The van der Waals surface area contributed by atoms with Crippen molar-refractivity contribution in [2.45, 2.75) is 33.4 Å². The van der Waals surface area contributed by atoms with E-state index in [1.54, 1.807) is 0 Å². The van der Waals surface area contributed by atoms with Crippen LogP contribution in [-0.2, 0) is 8.85 Å². The summed E-state index contributed by atoms with van der Waals surface area (Å²) in [6, 6.07) is 0.896. The molecule has 12 heavy (non-hydrogen) atoms. The van der Waals surface area contributed by atoms with Crippen molar-refractivity contribution in [3.05, 3.63) is 24.7 Å². The molecule has 70 valence electrons. The van der Waals surface area contributed by atoms with Crippen LogP contribution in [0.1, 0.15) is 20.8 Å². The highest BCUT2D eigenvalue weighted by atomic mass is 28.4. The molecule has 0 aliphatic rings. The van der Waals surface area contributed by atoms with Crippen LogP contribution in [0.25, 0.3) is 0 Å². The van der Waals surface area contributed by atoms with Gasteiger partial charge in [-0.1, -0.05) is 20.1 Å². The Bertz CT molecular complexity index is 171. The summed E-state index contributed by atoms with van der Waals surface area (Å²) in [7, 11) is -2.05. The van der Waals surface area contributed by atoms with Gasteiger partial charge in [-0.15, -0.1) is 0 Å². The third-order valence-corrected chi connectivity index (χ3v) is 4.27. The summed E-state index contributed by atoms with van der Waals surface area (Å²) in [6.45, 7) is 15.1. The van der Waals surface area contributed by atoms with E-state index in [0.29, 0.717) is 11.5 Å². The molecule has 0 radical (unpaired) electrons. The van der Waals surface area contributed by atoms with E-state index in [2.05, 4.69) is 20.1 Å². The predicted molar refractivity (Wildman–Crippen MR) is 53.9 cm³/mol. The van der Waals surface area contributed by atoms with Gasteiger partial charge in [0, 0.05) is 12.6 Å². The summed E-state index contributed by atoms with van der Waals surface area (Å²) in [5, 5.41) is 0. The van der Waals surface area contributed by atoms with Crippen LogP contribution >= 0.6 is 0 Å². The van der Waals surface area contributed by atoms with Crippen LogP contribution in [-0.4, -0.2) is 8.56 Å². The zero-order valence-electron chi connectivity index (χ0n) is 8.44. The van der Waals surface area contributed by atoms with E-state index in [0.717, 1.165) is 6.04 Å². The summed E-state index contributed by atoms with van der Waals surface area (Å²) in [4.78, 5) is 0. The van der Waals surface area contributed by atoms with Crippen LogP contribution in [0.4, 0.5) is 0 Å². The van der Waals surface area contributed by atoms with Crippen molar-refractivity contribution in [3.63, 3.8) is 0 Å². The lowest BCUT2D eigenvalue weighted by atomic mass is 10.7. The van der Waals surface area contributed by atoms with Crippen molar-refractivity contribution < 1.29 is 8.85 Å². The Labute approximate surface area is 76.1 Å². The molecule has 0 aliphatic heterocycles. The molecule has 0 rings (SSSR count). The van der Waals surface area contributed by atoms with Crippen molar-refractivity contribution in [3.8, 4) is 0 Å². The monoisotopic (exact) mass is 186 g/mol. The highest BCUT2D eigenvalue weighted by Gasteiger charge is 2.32. The minimum absolute atomic E-state index is 0.715. The quantitative estimate of drug-likeness (QED) is 0.485. The maximum absolute atomic E-state index is 5.56. The molecule has 0 bridgehead atoms. The van der Waals surface area contributed by atoms with E-state index in [4.69, 9.17) is 8.85 Å². The standard InChI is InChI=1S/C9H18O2Si/c1-7-12(6,10-8(2)3)11-9(4)5/h2,4,7H2,1,3,5-6H3. The second kappa shape index (κ2) is 4.35. The van der Waals surface area contributed by atoms with Gasteiger partial charge >= 0.3 is 8.56 Å².